The van der Waals surface area contributed by atoms with Gasteiger partial charge in [0.25, 0.3) is 0 Å². The van der Waals surface area contributed by atoms with Crippen molar-refractivity contribution in [2.24, 2.45) is 5.14 Å². The van der Waals surface area contributed by atoms with E-state index in [1.807, 2.05) is 4.72 Å². The lowest BCUT2D eigenvalue weighted by atomic mass is 10.3. The van der Waals surface area contributed by atoms with Crippen LogP contribution in [0.5, 0.6) is 0 Å². The molecular weight excluding hydrogens is 296 g/mol. The van der Waals surface area contributed by atoms with Crippen LogP contribution in [0.1, 0.15) is 6.92 Å². The van der Waals surface area contributed by atoms with Gasteiger partial charge in [0.2, 0.25) is 20.0 Å². The van der Waals surface area contributed by atoms with Crippen molar-refractivity contribution in [1.82, 2.24) is 0 Å². The molecule has 0 fully saturated rings. The number of rotatable bonds is 5. The first-order chi connectivity index (χ1) is 8.54. The minimum Gasteiger partial charge on any atom is -0.480 e. The molecule has 0 amide bonds. The van der Waals surface area contributed by atoms with Gasteiger partial charge in [-0.05, 0) is 31.2 Å². The van der Waals surface area contributed by atoms with E-state index in [1.165, 1.54) is 12.1 Å². The minimum absolute atomic E-state index is 0.0421. The van der Waals surface area contributed by atoms with Crippen molar-refractivity contribution in [2.45, 2.75) is 17.1 Å². The maximum atomic E-state index is 11.6. The van der Waals surface area contributed by atoms with Gasteiger partial charge in [-0.3, -0.25) is 9.52 Å². The number of primary sulfonamides is 1. The average molecular weight is 308 g/mol. The van der Waals surface area contributed by atoms with Crippen molar-refractivity contribution >= 4 is 31.7 Å². The molecule has 0 bridgehead atoms. The number of hydrogen-bond donors (Lipinski definition) is 3. The molecule has 0 saturated heterocycles. The van der Waals surface area contributed by atoms with Crippen molar-refractivity contribution in [1.29, 1.82) is 0 Å². The summed E-state index contributed by atoms with van der Waals surface area (Å²) in [5.41, 5.74) is 0.0421. The van der Waals surface area contributed by atoms with E-state index in [4.69, 9.17) is 10.2 Å². The number of nitrogens with two attached hydrogens (primary N) is 1. The largest absolute Gasteiger partial charge is 0.480 e. The van der Waals surface area contributed by atoms with Gasteiger partial charge in [0, 0.05) is 5.69 Å². The number of benzene rings is 1. The topological polar surface area (TPSA) is 144 Å². The number of carboxylic acid groups (broad SMARTS) is 1. The van der Waals surface area contributed by atoms with Crippen LogP contribution in [0.15, 0.2) is 29.2 Å². The van der Waals surface area contributed by atoms with Gasteiger partial charge in [-0.1, -0.05) is 0 Å². The Morgan fingerprint density at radius 3 is 2.05 bits per heavy atom. The Labute approximate surface area is 110 Å². The molecule has 0 heterocycles. The van der Waals surface area contributed by atoms with Gasteiger partial charge in [0.1, 0.15) is 0 Å². The monoisotopic (exact) mass is 308 g/mol. The van der Waals surface area contributed by atoms with Crippen LogP contribution in [-0.2, 0) is 24.8 Å². The number of aliphatic carboxylic acids is 1. The predicted octanol–water partition coefficient (Wildman–Crippen LogP) is -0.451. The zero-order chi connectivity index (χ0) is 14.8. The van der Waals surface area contributed by atoms with Crippen LogP contribution >= 0.6 is 0 Å². The first kappa shape index (κ1) is 15.4. The average Bonchev–Trinajstić information content (AvgIpc) is 2.26. The van der Waals surface area contributed by atoms with E-state index in [9.17, 15) is 21.6 Å². The standard InChI is InChI=1S/C9H12N2O6S2/c1-6(9(12)13)19(16,17)11-7-2-4-8(5-3-7)18(10,14)15/h2-6,11H,1H3,(H,12,13)(H2,10,14,15). The third-order valence-electron chi connectivity index (χ3n) is 2.26. The fraction of sp³-hybridized carbons (Fsp3) is 0.222. The summed E-state index contributed by atoms with van der Waals surface area (Å²) >= 11 is 0. The van der Waals surface area contributed by atoms with Crippen LogP contribution in [0.3, 0.4) is 0 Å². The summed E-state index contributed by atoms with van der Waals surface area (Å²) in [5, 5.41) is 11.9. The minimum atomic E-state index is -4.09. The van der Waals surface area contributed by atoms with Crippen molar-refractivity contribution in [3.05, 3.63) is 24.3 Å². The first-order valence-corrected chi connectivity index (χ1v) is 8.00. The molecule has 0 spiro atoms. The highest BCUT2D eigenvalue weighted by Crippen LogP contribution is 2.15. The van der Waals surface area contributed by atoms with Crippen LogP contribution in [-0.4, -0.2) is 33.2 Å². The number of anilines is 1. The van der Waals surface area contributed by atoms with E-state index < -0.39 is 31.3 Å². The van der Waals surface area contributed by atoms with Gasteiger partial charge in [-0.25, -0.2) is 22.0 Å². The van der Waals surface area contributed by atoms with Crippen LogP contribution in [0.25, 0.3) is 0 Å². The van der Waals surface area contributed by atoms with E-state index >= 15 is 0 Å². The molecule has 1 aromatic rings. The lowest BCUT2D eigenvalue weighted by molar-refractivity contribution is -0.136. The maximum Gasteiger partial charge on any atom is 0.323 e. The maximum absolute atomic E-state index is 11.6. The molecule has 19 heavy (non-hydrogen) atoms. The Morgan fingerprint density at radius 1 is 1.21 bits per heavy atom. The van der Waals surface area contributed by atoms with Crippen LogP contribution < -0.4 is 9.86 Å². The molecule has 8 nitrogen and oxygen atoms in total. The molecule has 4 N–H and O–H groups in total. The Morgan fingerprint density at radius 2 is 1.68 bits per heavy atom. The van der Waals surface area contributed by atoms with Crippen molar-refractivity contribution in [3.63, 3.8) is 0 Å². The summed E-state index contributed by atoms with van der Waals surface area (Å²) in [5.74, 6) is -1.49. The van der Waals surface area contributed by atoms with Gasteiger partial charge in [-0.2, -0.15) is 0 Å². The molecule has 0 saturated carbocycles. The molecule has 0 radical (unpaired) electrons. The SMILES string of the molecule is CC(C(=O)O)S(=O)(=O)Nc1ccc(S(N)(=O)=O)cc1. The molecule has 0 aromatic heterocycles. The summed E-state index contributed by atoms with van der Waals surface area (Å²) in [6.07, 6.45) is 0. The van der Waals surface area contributed by atoms with Gasteiger partial charge in [-0.15, -0.1) is 0 Å². The van der Waals surface area contributed by atoms with Crippen LogP contribution in [0.2, 0.25) is 0 Å². The lowest BCUT2D eigenvalue weighted by Crippen LogP contribution is -2.32. The third-order valence-corrected chi connectivity index (χ3v) is 4.84. The van der Waals surface area contributed by atoms with Crippen molar-refractivity contribution < 1.29 is 26.7 Å². The number of sulfonamides is 2. The molecule has 1 atom stereocenters. The zero-order valence-electron chi connectivity index (χ0n) is 9.77. The highest BCUT2D eigenvalue weighted by molar-refractivity contribution is 7.94. The van der Waals surface area contributed by atoms with E-state index in [-0.39, 0.29) is 10.6 Å². The molecule has 0 aliphatic heterocycles. The number of carboxylic acids is 1. The molecule has 10 heteroatoms. The molecular formula is C9H12N2O6S2. The van der Waals surface area contributed by atoms with E-state index in [0.29, 0.717) is 0 Å². The molecule has 106 valence electrons. The number of carbonyl (C=O) groups is 1. The van der Waals surface area contributed by atoms with E-state index in [2.05, 4.69) is 0 Å². The Balaban J connectivity index is 2.99. The molecule has 1 aromatic carbocycles. The highest BCUT2D eigenvalue weighted by atomic mass is 32.2. The predicted molar refractivity (Wildman–Crippen MR) is 67.5 cm³/mol. The molecule has 0 aliphatic rings. The van der Waals surface area contributed by atoms with Gasteiger partial charge in [0.05, 0.1) is 4.90 Å². The fourth-order valence-corrected chi connectivity index (χ4v) is 2.52. The summed E-state index contributed by atoms with van der Waals surface area (Å²) in [4.78, 5) is 10.4. The fourth-order valence-electron chi connectivity index (χ4n) is 1.10. The Kier molecular flexibility index (Phi) is 4.18. The first-order valence-electron chi connectivity index (χ1n) is 4.91. The Bertz CT molecular complexity index is 678. The molecule has 1 rings (SSSR count). The van der Waals surface area contributed by atoms with Gasteiger partial charge in [0.15, 0.2) is 5.25 Å². The second-order valence-electron chi connectivity index (χ2n) is 3.70. The van der Waals surface area contributed by atoms with Crippen LogP contribution in [0, 0.1) is 0 Å². The smallest absolute Gasteiger partial charge is 0.323 e. The van der Waals surface area contributed by atoms with E-state index in [1.54, 1.807) is 0 Å². The normalized spacial score (nSPS) is 13.8. The number of hydrogen-bond acceptors (Lipinski definition) is 5. The summed E-state index contributed by atoms with van der Waals surface area (Å²) in [6, 6.07) is 4.56. The summed E-state index contributed by atoms with van der Waals surface area (Å²) in [7, 11) is -7.96. The Hall–Kier alpha value is -1.65. The van der Waals surface area contributed by atoms with Gasteiger partial charge < -0.3 is 5.11 Å². The zero-order valence-corrected chi connectivity index (χ0v) is 11.4. The van der Waals surface area contributed by atoms with Crippen molar-refractivity contribution in [3.8, 4) is 0 Å². The molecule has 1 unspecified atom stereocenters. The highest BCUT2D eigenvalue weighted by Gasteiger charge is 2.27. The summed E-state index contributed by atoms with van der Waals surface area (Å²) < 4.78 is 47.2. The molecule has 0 aliphatic carbocycles. The van der Waals surface area contributed by atoms with Gasteiger partial charge >= 0.3 is 5.97 Å². The second kappa shape index (κ2) is 5.15. The van der Waals surface area contributed by atoms with Crippen molar-refractivity contribution in [2.75, 3.05) is 4.72 Å². The number of nitrogens with one attached hydrogen (secondary N) is 1. The van der Waals surface area contributed by atoms with Crippen LogP contribution in [0.4, 0.5) is 5.69 Å². The third kappa shape index (κ3) is 3.91. The second-order valence-corrected chi connectivity index (χ2v) is 7.26. The van der Waals surface area contributed by atoms with E-state index in [0.717, 1.165) is 19.1 Å². The summed E-state index contributed by atoms with van der Waals surface area (Å²) in [6.45, 7) is 1.02. The quantitative estimate of drug-likeness (QED) is 0.672. The lowest BCUT2D eigenvalue weighted by Gasteiger charge is -2.11.